The van der Waals surface area contributed by atoms with E-state index in [0.29, 0.717) is 24.3 Å². The minimum atomic E-state index is -0.703. The third kappa shape index (κ3) is 3.00. The first-order chi connectivity index (χ1) is 8.15. The minimum absolute atomic E-state index is 0.283. The Labute approximate surface area is 100 Å². The molecule has 0 atom stereocenters. The van der Waals surface area contributed by atoms with Crippen molar-refractivity contribution in [2.75, 3.05) is 20.8 Å². The molecule has 1 aromatic rings. The number of hydrogen-bond acceptors (Lipinski definition) is 4. The first-order valence-corrected chi connectivity index (χ1v) is 5.48. The van der Waals surface area contributed by atoms with Crippen molar-refractivity contribution in [3.63, 3.8) is 0 Å². The first-order valence-electron chi connectivity index (χ1n) is 5.48. The molecule has 0 amide bonds. The van der Waals surface area contributed by atoms with Crippen LogP contribution in [-0.2, 0) is 6.42 Å². The minimum Gasteiger partial charge on any atom is -0.505 e. The Hall–Kier alpha value is -1.49. The highest BCUT2D eigenvalue weighted by molar-refractivity contribution is 5.54. The van der Waals surface area contributed by atoms with Gasteiger partial charge in [-0.3, -0.25) is 0 Å². The summed E-state index contributed by atoms with van der Waals surface area (Å²) in [5, 5.41) is 9.69. The molecule has 5 heteroatoms. The van der Waals surface area contributed by atoms with Crippen LogP contribution >= 0.6 is 0 Å². The maximum absolute atomic E-state index is 13.4. The highest BCUT2D eigenvalue weighted by Crippen LogP contribution is 2.39. The fourth-order valence-corrected chi connectivity index (χ4v) is 1.70. The van der Waals surface area contributed by atoms with Crippen LogP contribution in [0, 0.1) is 5.82 Å². The highest BCUT2D eigenvalue weighted by atomic mass is 19.1. The molecular weight excluding hydrogens is 225 g/mol. The van der Waals surface area contributed by atoms with Crippen molar-refractivity contribution in [2.45, 2.75) is 19.3 Å². The van der Waals surface area contributed by atoms with E-state index < -0.39 is 5.82 Å². The van der Waals surface area contributed by atoms with E-state index in [1.54, 1.807) is 0 Å². The van der Waals surface area contributed by atoms with Crippen molar-refractivity contribution in [3.05, 3.63) is 17.4 Å². The third-order valence-corrected chi connectivity index (χ3v) is 2.57. The average molecular weight is 243 g/mol. The lowest BCUT2D eigenvalue weighted by atomic mass is 10.0. The molecule has 3 N–H and O–H groups in total. The lowest BCUT2D eigenvalue weighted by molar-refractivity contribution is 0.339. The van der Waals surface area contributed by atoms with Gasteiger partial charge in [-0.25, -0.2) is 4.39 Å². The molecule has 0 aliphatic rings. The molecule has 0 radical (unpaired) electrons. The predicted molar refractivity (Wildman–Crippen MR) is 63.2 cm³/mol. The first kappa shape index (κ1) is 13.6. The zero-order valence-corrected chi connectivity index (χ0v) is 10.1. The van der Waals surface area contributed by atoms with Gasteiger partial charge in [0.1, 0.15) is 0 Å². The second kappa shape index (κ2) is 6.30. The van der Waals surface area contributed by atoms with Gasteiger partial charge in [0, 0.05) is 11.6 Å². The van der Waals surface area contributed by atoms with Crippen LogP contribution in [0.3, 0.4) is 0 Å². The van der Waals surface area contributed by atoms with Gasteiger partial charge in [0.05, 0.1) is 14.2 Å². The topological polar surface area (TPSA) is 64.7 Å². The fourth-order valence-electron chi connectivity index (χ4n) is 1.70. The molecular formula is C12H18FNO3. The van der Waals surface area contributed by atoms with E-state index in [1.807, 2.05) is 0 Å². The van der Waals surface area contributed by atoms with E-state index in [-0.39, 0.29) is 11.5 Å². The molecule has 0 saturated heterocycles. The Morgan fingerprint density at radius 1 is 1.29 bits per heavy atom. The van der Waals surface area contributed by atoms with Crippen molar-refractivity contribution >= 4 is 0 Å². The van der Waals surface area contributed by atoms with Gasteiger partial charge in [0.2, 0.25) is 0 Å². The Morgan fingerprint density at radius 3 is 2.53 bits per heavy atom. The van der Waals surface area contributed by atoms with E-state index in [4.69, 9.17) is 15.2 Å². The van der Waals surface area contributed by atoms with Gasteiger partial charge in [-0.1, -0.05) is 0 Å². The lowest BCUT2D eigenvalue weighted by Gasteiger charge is -2.14. The molecule has 0 aliphatic carbocycles. The van der Waals surface area contributed by atoms with E-state index in [0.717, 1.165) is 18.9 Å². The molecule has 0 saturated carbocycles. The van der Waals surface area contributed by atoms with Crippen LogP contribution in [0.1, 0.15) is 18.4 Å². The summed E-state index contributed by atoms with van der Waals surface area (Å²) < 4.78 is 23.6. The summed E-state index contributed by atoms with van der Waals surface area (Å²) in [5.74, 6) is -0.418. The zero-order valence-electron chi connectivity index (χ0n) is 10.1. The smallest absolute Gasteiger partial charge is 0.169 e. The van der Waals surface area contributed by atoms with Gasteiger partial charge in [-0.15, -0.1) is 0 Å². The molecule has 0 bridgehead atoms. The second-order valence-corrected chi connectivity index (χ2v) is 3.67. The molecule has 0 heterocycles. The van der Waals surface area contributed by atoms with E-state index in [1.165, 1.54) is 14.2 Å². The van der Waals surface area contributed by atoms with Crippen LogP contribution < -0.4 is 15.2 Å². The van der Waals surface area contributed by atoms with Gasteiger partial charge in [0.15, 0.2) is 23.1 Å². The van der Waals surface area contributed by atoms with Gasteiger partial charge >= 0.3 is 0 Å². The summed E-state index contributed by atoms with van der Waals surface area (Å²) in [6, 6.07) is 1.11. The number of hydrogen-bond donors (Lipinski definition) is 2. The van der Waals surface area contributed by atoms with E-state index in [2.05, 4.69) is 0 Å². The van der Waals surface area contributed by atoms with Crippen LogP contribution in [0.5, 0.6) is 17.2 Å². The van der Waals surface area contributed by atoms with E-state index >= 15 is 0 Å². The van der Waals surface area contributed by atoms with Crippen molar-refractivity contribution in [1.29, 1.82) is 0 Å². The molecule has 1 rings (SSSR count). The SMILES string of the molecule is COc1cc(F)c(O)c(CCCCN)c1OC. The number of phenolic OH excluding ortho intramolecular Hbond substituents is 1. The fraction of sp³-hybridized carbons (Fsp3) is 0.500. The number of rotatable bonds is 6. The summed E-state index contributed by atoms with van der Waals surface area (Å²) in [6.45, 7) is 0.565. The van der Waals surface area contributed by atoms with Crippen molar-refractivity contribution in [3.8, 4) is 17.2 Å². The molecule has 0 aliphatic heterocycles. The van der Waals surface area contributed by atoms with Gasteiger partial charge in [0.25, 0.3) is 0 Å². The molecule has 0 aromatic heterocycles. The quantitative estimate of drug-likeness (QED) is 0.748. The number of methoxy groups -OCH3 is 2. The molecule has 17 heavy (non-hydrogen) atoms. The van der Waals surface area contributed by atoms with E-state index in [9.17, 15) is 9.50 Å². The number of phenols is 1. The monoisotopic (exact) mass is 243 g/mol. The van der Waals surface area contributed by atoms with Crippen LogP contribution in [0.2, 0.25) is 0 Å². The molecule has 4 nitrogen and oxygen atoms in total. The molecule has 0 unspecified atom stereocenters. The number of benzene rings is 1. The zero-order chi connectivity index (χ0) is 12.8. The number of unbranched alkanes of at least 4 members (excludes halogenated alkanes) is 1. The number of aromatic hydroxyl groups is 1. The summed E-state index contributed by atoms with van der Waals surface area (Å²) in [6.07, 6.45) is 2.06. The molecule has 0 spiro atoms. The maximum Gasteiger partial charge on any atom is 0.169 e. The van der Waals surface area contributed by atoms with Crippen LogP contribution in [0.25, 0.3) is 0 Å². The third-order valence-electron chi connectivity index (χ3n) is 2.57. The predicted octanol–water partition coefficient (Wildman–Crippen LogP) is 1.83. The molecule has 0 fully saturated rings. The normalized spacial score (nSPS) is 10.4. The second-order valence-electron chi connectivity index (χ2n) is 3.67. The van der Waals surface area contributed by atoms with Crippen molar-refractivity contribution in [1.82, 2.24) is 0 Å². The Morgan fingerprint density at radius 2 is 2.00 bits per heavy atom. The summed E-state index contributed by atoms with van der Waals surface area (Å²) in [5.41, 5.74) is 5.82. The van der Waals surface area contributed by atoms with Crippen molar-refractivity contribution < 1.29 is 19.0 Å². The molecule has 1 aromatic carbocycles. The maximum atomic E-state index is 13.4. The van der Waals surface area contributed by atoms with Crippen LogP contribution in [0.4, 0.5) is 4.39 Å². The lowest BCUT2D eigenvalue weighted by Crippen LogP contribution is -2.02. The van der Waals surface area contributed by atoms with Crippen LogP contribution in [-0.4, -0.2) is 25.9 Å². The Bertz CT molecular complexity index is 383. The summed E-state index contributed by atoms with van der Waals surface area (Å²) in [4.78, 5) is 0. The summed E-state index contributed by atoms with van der Waals surface area (Å²) in [7, 11) is 2.89. The van der Waals surface area contributed by atoms with Crippen LogP contribution in [0.15, 0.2) is 6.07 Å². The van der Waals surface area contributed by atoms with Gasteiger partial charge < -0.3 is 20.3 Å². The van der Waals surface area contributed by atoms with Crippen molar-refractivity contribution in [2.24, 2.45) is 5.73 Å². The number of ether oxygens (including phenoxy) is 2. The largest absolute Gasteiger partial charge is 0.505 e. The number of nitrogens with two attached hydrogens (primary N) is 1. The number of halogens is 1. The van der Waals surface area contributed by atoms with Gasteiger partial charge in [-0.05, 0) is 25.8 Å². The Kier molecular flexibility index (Phi) is 5.03. The molecule has 96 valence electrons. The van der Waals surface area contributed by atoms with Gasteiger partial charge in [-0.2, -0.15) is 0 Å². The summed E-state index contributed by atoms with van der Waals surface area (Å²) >= 11 is 0. The standard InChI is InChI=1S/C12H18FNO3/c1-16-10-7-9(13)11(15)8(12(10)17-2)5-3-4-6-14/h7,15H,3-6,14H2,1-2H3. The average Bonchev–Trinajstić information content (AvgIpc) is 2.34. The Balaban J connectivity index is 3.09. The highest BCUT2D eigenvalue weighted by Gasteiger charge is 2.18.